The van der Waals surface area contributed by atoms with Crippen molar-refractivity contribution >= 4 is 23.2 Å². The van der Waals surface area contributed by atoms with E-state index in [4.69, 9.17) is 21.1 Å². The van der Waals surface area contributed by atoms with Crippen LogP contribution < -0.4 is 14.8 Å². The number of anilines is 1. The Hall–Kier alpha value is -3.18. The van der Waals surface area contributed by atoms with Crippen molar-refractivity contribution in [1.29, 1.82) is 0 Å². The third-order valence-electron chi connectivity index (χ3n) is 5.06. The smallest absolute Gasteiger partial charge is 0.256 e. The van der Waals surface area contributed by atoms with Gasteiger partial charge in [0.15, 0.2) is 0 Å². The molecule has 1 amide bonds. The lowest BCUT2D eigenvalue weighted by Crippen LogP contribution is -2.32. The van der Waals surface area contributed by atoms with Gasteiger partial charge in [0.05, 0.1) is 19.9 Å². The zero-order valence-electron chi connectivity index (χ0n) is 16.2. The van der Waals surface area contributed by atoms with Crippen molar-refractivity contribution in [1.82, 2.24) is 4.90 Å². The fraction of sp³-hybridized carbons (Fsp3) is 0.174. The molecule has 4 rings (SSSR count). The van der Waals surface area contributed by atoms with Crippen LogP contribution in [-0.4, -0.2) is 25.0 Å². The van der Waals surface area contributed by atoms with E-state index in [1.165, 1.54) is 0 Å². The summed E-state index contributed by atoms with van der Waals surface area (Å²) >= 11 is 6.36. The van der Waals surface area contributed by atoms with Crippen LogP contribution in [0.2, 0.25) is 5.02 Å². The van der Waals surface area contributed by atoms with Crippen LogP contribution in [0.15, 0.2) is 66.7 Å². The second kappa shape index (κ2) is 8.05. The number of halogens is 1. The molecule has 0 bridgehead atoms. The summed E-state index contributed by atoms with van der Waals surface area (Å²) in [5.41, 5.74) is 3.22. The molecule has 0 fully saturated rings. The Bertz CT molecular complexity index is 1050. The lowest BCUT2D eigenvalue weighted by Gasteiger charge is -2.28. The van der Waals surface area contributed by atoms with Crippen molar-refractivity contribution < 1.29 is 14.3 Å². The van der Waals surface area contributed by atoms with Crippen molar-refractivity contribution in [3.63, 3.8) is 0 Å². The van der Waals surface area contributed by atoms with Crippen LogP contribution in [0, 0.1) is 0 Å². The first-order valence-corrected chi connectivity index (χ1v) is 9.62. The Morgan fingerprint density at radius 2 is 1.76 bits per heavy atom. The van der Waals surface area contributed by atoms with Gasteiger partial charge in [-0.3, -0.25) is 4.79 Å². The van der Waals surface area contributed by atoms with Gasteiger partial charge in [-0.15, -0.1) is 0 Å². The standard InChI is InChI=1S/C23H21ClN2O3/c1-28-16-11-12-21(29-2)20(13-16)25-22-17-8-4-5-9-18(17)23(27)26(22)14-15-7-3-6-10-19(15)24/h3-13,22,25H,14H2,1-2H3/t22-/m0/s1. The van der Waals surface area contributed by atoms with E-state index < -0.39 is 0 Å². The van der Waals surface area contributed by atoms with Gasteiger partial charge in [0, 0.05) is 28.8 Å². The predicted molar refractivity (Wildman–Crippen MR) is 114 cm³/mol. The van der Waals surface area contributed by atoms with Crippen molar-refractivity contribution in [2.24, 2.45) is 0 Å². The number of amides is 1. The molecule has 148 valence electrons. The van der Waals surface area contributed by atoms with E-state index in [0.717, 1.165) is 16.8 Å². The van der Waals surface area contributed by atoms with E-state index in [9.17, 15) is 4.79 Å². The van der Waals surface area contributed by atoms with Crippen LogP contribution in [0.4, 0.5) is 5.69 Å². The van der Waals surface area contributed by atoms with Gasteiger partial charge >= 0.3 is 0 Å². The molecular formula is C23H21ClN2O3. The lowest BCUT2D eigenvalue weighted by atomic mass is 10.1. The van der Waals surface area contributed by atoms with Crippen LogP contribution >= 0.6 is 11.6 Å². The number of ether oxygens (including phenoxy) is 2. The number of benzene rings is 3. The summed E-state index contributed by atoms with van der Waals surface area (Å²) in [4.78, 5) is 15.0. The number of methoxy groups -OCH3 is 2. The van der Waals surface area contributed by atoms with Crippen molar-refractivity contribution in [3.8, 4) is 11.5 Å². The highest BCUT2D eigenvalue weighted by Gasteiger charge is 2.37. The molecule has 0 spiro atoms. The summed E-state index contributed by atoms with van der Waals surface area (Å²) in [6.07, 6.45) is -0.365. The molecule has 3 aromatic carbocycles. The molecular weight excluding hydrogens is 388 g/mol. The molecule has 29 heavy (non-hydrogen) atoms. The van der Waals surface area contributed by atoms with Gasteiger partial charge in [0.1, 0.15) is 17.7 Å². The number of carbonyl (C=O) groups is 1. The molecule has 0 radical (unpaired) electrons. The molecule has 6 heteroatoms. The first kappa shape index (κ1) is 19.2. The number of fused-ring (bicyclic) bond motifs is 1. The molecule has 5 nitrogen and oxygen atoms in total. The molecule has 1 atom stereocenters. The fourth-order valence-electron chi connectivity index (χ4n) is 3.57. The first-order chi connectivity index (χ1) is 14.1. The molecule has 0 unspecified atom stereocenters. The number of rotatable bonds is 6. The summed E-state index contributed by atoms with van der Waals surface area (Å²) < 4.78 is 10.9. The lowest BCUT2D eigenvalue weighted by molar-refractivity contribution is 0.0728. The molecule has 3 aromatic rings. The Kier molecular flexibility index (Phi) is 5.32. The van der Waals surface area contributed by atoms with Crippen LogP contribution in [0.25, 0.3) is 0 Å². The SMILES string of the molecule is COc1ccc(OC)c(N[C@@H]2c3ccccc3C(=O)N2Cc2ccccc2Cl)c1. The molecule has 1 heterocycles. The van der Waals surface area contributed by atoms with Gasteiger partial charge in [-0.05, 0) is 29.8 Å². The highest BCUT2D eigenvalue weighted by Crippen LogP contribution is 2.39. The molecule has 1 aliphatic heterocycles. The summed E-state index contributed by atoms with van der Waals surface area (Å²) in [6, 6.07) is 20.7. The van der Waals surface area contributed by atoms with Gasteiger partial charge in [0.2, 0.25) is 0 Å². The highest BCUT2D eigenvalue weighted by atomic mass is 35.5. The van der Waals surface area contributed by atoms with E-state index in [-0.39, 0.29) is 12.1 Å². The van der Waals surface area contributed by atoms with E-state index >= 15 is 0 Å². The van der Waals surface area contributed by atoms with Gasteiger partial charge in [-0.1, -0.05) is 48.0 Å². The minimum Gasteiger partial charge on any atom is -0.497 e. The average Bonchev–Trinajstić information content (AvgIpc) is 3.01. The maximum Gasteiger partial charge on any atom is 0.256 e. The van der Waals surface area contributed by atoms with E-state index in [1.807, 2.05) is 66.7 Å². The van der Waals surface area contributed by atoms with E-state index in [2.05, 4.69) is 5.32 Å². The minimum absolute atomic E-state index is 0.0418. The maximum absolute atomic E-state index is 13.2. The highest BCUT2D eigenvalue weighted by molar-refractivity contribution is 6.31. The van der Waals surface area contributed by atoms with Gasteiger partial charge in [0.25, 0.3) is 5.91 Å². The number of nitrogens with zero attached hydrogens (tertiary/aromatic N) is 1. The molecule has 1 N–H and O–H groups in total. The Labute approximate surface area is 174 Å². The summed E-state index contributed by atoms with van der Waals surface area (Å²) in [7, 11) is 3.23. The zero-order chi connectivity index (χ0) is 20.4. The Balaban J connectivity index is 1.74. The topological polar surface area (TPSA) is 50.8 Å². The van der Waals surface area contributed by atoms with Crippen LogP contribution in [0.5, 0.6) is 11.5 Å². The fourth-order valence-corrected chi connectivity index (χ4v) is 3.77. The molecule has 0 saturated carbocycles. The van der Waals surface area contributed by atoms with E-state index in [1.54, 1.807) is 19.1 Å². The average molecular weight is 409 g/mol. The van der Waals surface area contributed by atoms with Crippen LogP contribution in [0.3, 0.4) is 0 Å². The second-order valence-corrected chi connectivity index (χ2v) is 7.13. The largest absolute Gasteiger partial charge is 0.497 e. The summed E-state index contributed by atoms with van der Waals surface area (Å²) in [6.45, 7) is 0.386. The Morgan fingerprint density at radius 3 is 2.52 bits per heavy atom. The molecule has 0 aromatic heterocycles. The van der Waals surface area contributed by atoms with Gasteiger partial charge in [-0.2, -0.15) is 0 Å². The zero-order valence-corrected chi connectivity index (χ0v) is 16.9. The number of carbonyl (C=O) groups excluding carboxylic acids is 1. The first-order valence-electron chi connectivity index (χ1n) is 9.24. The monoisotopic (exact) mass is 408 g/mol. The van der Waals surface area contributed by atoms with Crippen LogP contribution in [-0.2, 0) is 6.54 Å². The van der Waals surface area contributed by atoms with E-state index in [0.29, 0.717) is 28.6 Å². The van der Waals surface area contributed by atoms with Crippen molar-refractivity contribution in [3.05, 3.63) is 88.4 Å². The summed E-state index contributed by atoms with van der Waals surface area (Å²) in [5, 5.41) is 4.10. The normalized spacial score (nSPS) is 15.2. The number of hydrogen-bond acceptors (Lipinski definition) is 4. The predicted octanol–water partition coefficient (Wildman–Crippen LogP) is 5.12. The van der Waals surface area contributed by atoms with Gasteiger partial charge in [-0.25, -0.2) is 0 Å². The van der Waals surface area contributed by atoms with Gasteiger partial charge < -0.3 is 19.7 Å². The van der Waals surface area contributed by atoms with Crippen molar-refractivity contribution in [2.45, 2.75) is 12.7 Å². The minimum atomic E-state index is -0.365. The Morgan fingerprint density at radius 1 is 1.00 bits per heavy atom. The third kappa shape index (κ3) is 3.61. The molecule has 1 aliphatic rings. The summed E-state index contributed by atoms with van der Waals surface area (Å²) in [5.74, 6) is 1.32. The molecule has 0 saturated heterocycles. The van der Waals surface area contributed by atoms with Crippen LogP contribution in [0.1, 0.15) is 27.7 Å². The number of nitrogens with one attached hydrogen (secondary N) is 1. The quantitative estimate of drug-likeness (QED) is 0.614. The maximum atomic E-state index is 13.2. The number of hydrogen-bond donors (Lipinski definition) is 1. The third-order valence-corrected chi connectivity index (χ3v) is 5.42. The second-order valence-electron chi connectivity index (χ2n) is 6.72. The van der Waals surface area contributed by atoms with Crippen molar-refractivity contribution in [2.75, 3.05) is 19.5 Å². The molecule has 0 aliphatic carbocycles.